The van der Waals surface area contributed by atoms with Gasteiger partial charge in [0.05, 0.1) is 35.1 Å². The van der Waals surface area contributed by atoms with Gasteiger partial charge in [0.2, 0.25) is 0 Å². The summed E-state index contributed by atoms with van der Waals surface area (Å²) in [4.78, 5) is 29.3. The third-order valence-corrected chi connectivity index (χ3v) is 6.34. The van der Waals surface area contributed by atoms with E-state index in [0.29, 0.717) is 34.4 Å². The number of hydrogen-bond donors (Lipinski definition) is 1. The van der Waals surface area contributed by atoms with Crippen LogP contribution in [0, 0.1) is 0 Å². The Morgan fingerprint density at radius 1 is 0.878 bits per heavy atom. The molecule has 3 aromatic carbocycles. The molecular formula is C31H23BrF3N3O3. The molecular weight excluding hydrogens is 599 g/mol. The van der Waals surface area contributed by atoms with E-state index in [1.54, 1.807) is 36.4 Å². The Morgan fingerprint density at radius 2 is 1.59 bits per heavy atom. The van der Waals surface area contributed by atoms with Crippen molar-refractivity contribution in [3.63, 3.8) is 0 Å². The molecule has 10 heteroatoms. The minimum Gasteiger partial charge on any atom is -1.00 e. The fourth-order valence-electron chi connectivity index (χ4n) is 4.27. The SMILES string of the molecule is COC(=O)c1ccc(C[n+]2ccc(-c3cc(NC(=O)c4cccc(C(F)(F)F)c4)c4ccccc4n3)cc2)cc1.[Br-]. The molecule has 208 valence electrons. The number of nitrogens with one attached hydrogen (secondary N) is 1. The maximum absolute atomic E-state index is 13.2. The number of carbonyl (C=O) groups is 2. The molecule has 1 N–H and O–H groups in total. The van der Waals surface area contributed by atoms with Crippen LogP contribution in [0.25, 0.3) is 22.2 Å². The number of anilines is 1. The predicted octanol–water partition coefficient (Wildman–Crippen LogP) is 3.30. The number of methoxy groups -OCH3 is 1. The standard InChI is InChI=1S/C31H22F3N3O3.BrH/c1-40-30(39)22-11-9-20(10-12-22)19-37-15-13-21(14-16-37)27-18-28(25-7-2-3-8-26(25)35-27)36-29(38)23-5-4-6-24(17-23)31(32,33)34;/h2-18H,19H2,1H3;1H. The number of halogens is 4. The van der Waals surface area contributed by atoms with Crippen molar-refractivity contribution < 1.29 is 49.0 Å². The highest BCUT2D eigenvalue weighted by Gasteiger charge is 2.31. The Labute approximate surface area is 244 Å². The normalized spacial score (nSPS) is 11.0. The van der Waals surface area contributed by atoms with E-state index in [1.165, 1.54) is 19.2 Å². The molecule has 0 aliphatic heterocycles. The lowest BCUT2D eigenvalue weighted by Gasteiger charge is -2.12. The van der Waals surface area contributed by atoms with Crippen LogP contribution < -0.4 is 26.9 Å². The molecule has 2 heterocycles. The number of amides is 1. The van der Waals surface area contributed by atoms with Crippen molar-refractivity contribution >= 4 is 28.5 Å². The molecule has 0 spiro atoms. The molecule has 0 aliphatic carbocycles. The Bertz CT molecular complexity index is 1710. The summed E-state index contributed by atoms with van der Waals surface area (Å²) in [6, 6.07) is 24.1. The van der Waals surface area contributed by atoms with Gasteiger partial charge >= 0.3 is 12.1 Å². The molecule has 0 saturated heterocycles. The number of hydrogen-bond acceptors (Lipinski definition) is 4. The molecule has 0 unspecified atom stereocenters. The first-order valence-corrected chi connectivity index (χ1v) is 12.3. The zero-order valence-electron chi connectivity index (χ0n) is 21.7. The van der Waals surface area contributed by atoms with Crippen LogP contribution in [0.15, 0.2) is 103 Å². The van der Waals surface area contributed by atoms with Crippen LogP contribution in [0.2, 0.25) is 0 Å². The quantitative estimate of drug-likeness (QED) is 0.233. The first kappa shape index (κ1) is 29.4. The van der Waals surface area contributed by atoms with Crippen LogP contribution in [0.5, 0.6) is 0 Å². The van der Waals surface area contributed by atoms with Gasteiger partial charge in [-0.1, -0.05) is 36.4 Å². The third-order valence-electron chi connectivity index (χ3n) is 6.34. The van der Waals surface area contributed by atoms with E-state index in [4.69, 9.17) is 9.72 Å². The third kappa shape index (κ3) is 6.78. The van der Waals surface area contributed by atoms with Crippen LogP contribution in [0.1, 0.15) is 31.8 Å². The highest BCUT2D eigenvalue weighted by molar-refractivity contribution is 6.09. The first-order valence-electron chi connectivity index (χ1n) is 12.3. The summed E-state index contributed by atoms with van der Waals surface area (Å²) in [7, 11) is 1.34. The molecule has 6 nitrogen and oxygen atoms in total. The van der Waals surface area contributed by atoms with Crippen molar-refractivity contribution in [3.8, 4) is 11.3 Å². The summed E-state index contributed by atoms with van der Waals surface area (Å²) in [5.74, 6) is -1.05. The van der Waals surface area contributed by atoms with Gasteiger partial charge in [0.25, 0.3) is 5.91 Å². The Balaban J connectivity index is 0.00000387. The van der Waals surface area contributed by atoms with Gasteiger partial charge in [-0.15, -0.1) is 0 Å². The van der Waals surface area contributed by atoms with E-state index < -0.39 is 23.6 Å². The van der Waals surface area contributed by atoms with Gasteiger partial charge in [0.15, 0.2) is 18.9 Å². The van der Waals surface area contributed by atoms with Crippen molar-refractivity contribution in [2.24, 2.45) is 0 Å². The van der Waals surface area contributed by atoms with Gasteiger partial charge in [-0.05, 0) is 42.5 Å². The van der Waals surface area contributed by atoms with Crippen LogP contribution in [-0.4, -0.2) is 24.0 Å². The van der Waals surface area contributed by atoms with Crippen molar-refractivity contribution in [2.75, 3.05) is 12.4 Å². The lowest BCUT2D eigenvalue weighted by molar-refractivity contribution is -0.688. The number of esters is 1. The van der Waals surface area contributed by atoms with E-state index in [-0.39, 0.29) is 22.5 Å². The molecule has 41 heavy (non-hydrogen) atoms. The predicted molar refractivity (Wildman–Crippen MR) is 144 cm³/mol. The monoisotopic (exact) mass is 621 g/mol. The summed E-state index contributed by atoms with van der Waals surface area (Å²) < 4.78 is 46.2. The first-order chi connectivity index (χ1) is 19.2. The van der Waals surface area contributed by atoms with Crippen molar-refractivity contribution in [3.05, 3.63) is 126 Å². The van der Waals surface area contributed by atoms with E-state index >= 15 is 0 Å². The van der Waals surface area contributed by atoms with Crippen LogP contribution in [-0.2, 0) is 17.5 Å². The van der Waals surface area contributed by atoms with E-state index in [0.717, 1.165) is 23.3 Å². The number of carbonyl (C=O) groups excluding carboxylic acids is 2. The molecule has 1 amide bonds. The zero-order valence-corrected chi connectivity index (χ0v) is 23.2. The lowest BCUT2D eigenvalue weighted by Crippen LogP contribution is -3.00. The largest absolute Gasteiger partial charge is 1.00 e. The van der Waals surface area contributed by atoms with Crippen LogP contribution in [0.3, 0.4) is 0 Å². The average Bonchev–Trinajstić information content (AvgIpc) is 2.97. The number of pyridine rings is 2. The molecule has 5 aromatic rings. The molecule has 0 fully saturated rings. The highest BCUT2D eigenvalue weighted by Crippen LogP contribution is 2.31. The zero-order chi connectivity index (χ0) is 28.3. The number of ether oxygens (including phenoxy) is 1. The van der Waals surface area contributed by atoms with E-state index in [1.807, 2.05) is 47.3 Å². The number of rotatable bonds is 6. The number of alkyl halides is 3. The Kier molecular flexibility index (Phi) is 8.83. The second-order valence-electron chi connectivity index (χ2n) is 9.05. The fraction of sp³-hybridized carbons (Fsp3) is 0.0968. The van der Waals surface area contributed by atoms with Gasteiger partial charge in [-0.2, -0.15) is 13.2 Å². The smallest absolute Gasteiger partial charge is 0.416 e. The summed E-state index contributed by atoms with van der Waals surface area (Å²) in [6.07, 6.45) is -0.772. The van der Waals surface area contributed by atoms with E-state index in [9.17, 15) is 22.8 Å². The van der Waals surface area contributed by atoms with Gasteiger partial charge in [0, 0.05) is 34.2 Å². The molecule has 5 rings (SSSR count). The van der Waals surface area contributed by atoms with Crippen LogP contribution in [0.4, 0.5) is 18.9 Å². The highest BCUT2D eigenvalue weighted by atomic mass is 79.9. The molecule has 0 saturated carbocycles. The van der Waals surface area contributed by atoms with E-state index in [2.05, 4.69) is 5.32 Å². The summed E-state index contributed by atoms with van der Waals surface area (Å²) in [5, 5.41) is 3.43. The van der Waals surface area contributed by atoms with Crippen LogP contribution >= 0.6 is 0 Å². The summed E-state index contributed by atoms with van der Waals surface area (Å²) in [6.45, 7) is 0.575. The number of para-hydroxylation sites is 1. The maximum atomic E-state index is 13.2. The summed E-state index contributed by atoms with van der Waals surface area (Å²) in [5.41, 5.74) is 2.92. The topological polar surface area (TPSA) is 72.2 Å². The van der Waals surface area contributed by atoms with Crippen molar-refractivity contribution in [1.82, 2.24) is 4.98 Å². The molecule has 0 bridgehead atoms. The second-order valence-corrected chi connectivity index (χ2v) is 9.05. The number of fused-ring (bicyclic) bond motifs is 1. The molecule has 2 aromatic heterocycles. The Morgan fingerprint density at radius 3 is 2.27 bits per heavy atom. The van der Waals surface area contributed by atoms with Crippen molar-refractivity contribution in [1.29, 1.82) is 0 Å². The van der Waals surface area contributed by atoms with Crippen molar-refractivity contribution in [2.45, 2.75) is 12.7 Å². The number of aromatic nitrogens is 2. The minimum atomic E-state index is -4.55. The second kappa shape index (κ2) is 12.3. The molecule has 0 radical (unpaired) electrons. The minimum absolute atomic E-state index is 0. The Hall–Kier alpha value is -4.57. The molecule has 0 atom stereocenters. The number of nitrogens with zero attached hydrogens (tertiary/aromatic N) is 2. The average molecular weight is 622 g/mol. The van der Waals surface area contributed by atoms with Gasteiger partial charge < -0.3 is 27.0 Å². The van der Waals surface area contributed by atoms with Gasteiger partial charge in [0.1, 0.15) is 0 Å². The lowest BCUT2D eigenvalue weighted by atomic mass is 10.1. The van der Waals surface area contributed by atoms with Gasteiger partial charge in [-0.25, -0.2) is 14.3 Å². The summed E-state index contributed by atoms with van der Waals surface area (Å²) >= 11 is 0. The number of benzene rings is 3. The van der Waals surface area contributed by atoms with Gasteiger partial charge in [-0.3, -0.25) is 4.79 Å². The fourth-order valence-corrected chi connectivity index (χ4v) is 4.27. The molecule has 0 aliphatic rings. The maximum Gasteiger partial charge on any atom is 0.416 e.